The maximum absolute atomic E-state index is 9.32. The van der Waals surface area contributed by atoms with Crippen molar-refractivity contribution in [3.05, 3.63) is 12.7 Å². The Labute approximate surface area is 85.2 Å². The van der Waals surface area contributed by atoms with Crippen molar-refractivity contribution in [3.8, 4) is 0 Å². The highest BCUT2D eigenvalue weighted by Gasteiger charge is 2.23. The van der Waals surface area contributed by atoms with Crippen LogP contribution in [0.4, 0.5) is 0 Å². The van der Waals surface area contributed by atoms with Crippen molar-refractivity contribution in [1.29, 1.82) is 0 Å². The van der Waals surface area contributed by atoms with Crippen molar-refractivity contribution in [2.24, 2.45) is 0 Å². The number of aliphatic hydroxyl groups excluding tert-OH is 2. The molecule has 1 aliphatic rings. The van der Waals surface area contributed by atoms with Crippen LogP contribution >= 0.6 is 0 Å². The monoisotopic (exact) mass is 200 g/mol. The van der Waals surface area contributed by atoms with Gasteiger partial charge in [0.15, 0.2) is 0 Å². The van der Waals surface area contributed by atoms with Crippen LogP contribution in [0.5, 0.6) is 0 Å². The second-order valence-electron chi connectivity index (χ2n) is 3.77. The molecule has 1 fully saturated rings. The van der Waals surface area contributed by atoms with E-state index in [4.69, 9.17) is 5.11 Å². The van der Waals surface area contributed by atoms with E-state index < -0.39 is 0 Å². The fraction of sp³-hybridized carbons (Fsp3) is 0.800. The lowest BCUT2D eigenvalue weighted by Gasteiger charge is -2.23. The van der Waals surface area contributed by atoms with Crippen molar-refractivity contribution < 1.29 is 10.2 Å². The molecule has 3 N–H and O–H groups in total. The Morgan fingerprint density at radius 1 is 1.57 bits per heavy atom. The molecule has 1 rings (SSSR count). The number of nitrogens with zero attached hydrogens (tertiary/aromatic N) is 1. The van der Waals surface area contributed by atoms with Gasteiger partial charge in [-0.15, -0.1) is 6.58 Å². The third kappa shape index (κ3) is 3.75. The van der Waals surface area contributed by atoms with Gasteiger partial charge in [0.1, 0.15) is 0 Å². The molecule has 0 saturated carbocycles. The lowest BCUT2D eigenvalue weighted by molar-refractivity contribution is 0.179. The molecule has 0 radical (unpaired) electrons. The van der Waals surface area contributed by atoms with Gasteiger partial charge in [-0.1, -0.05) is 6.08 Å². The van der Waals surface area contributed by atoms with Gasteiger partial charge in [-0.3, -0.25) is 4.90 Å². The molecule has 4 nitrogen and oxygen atoms in total. The summed E-state index contributed by atoms with van der Waals surface area (Å²) in [5.41, 5.74) is 0. The molecule has 2 unspecified atom stereocenters. The minimum absolute atomic E-state index is 0.170. The first-order valence-corrected chi connectivity index (χ1v) is 5.11. The Hall–Kier alpha value is -0.420. The predicted molar refractivity (Wildman–Crippen MR) is 56.1 cm³/mol. The maximum atomic E-state index is 9.32. The Balaban J connectivity index is 2.27. The summed E-state index contributed by atoms with van der Waals surface area (Å²) in [7, 11) is 0. The van der Waals surface area contributed by atoms with Crippen molar-refractivity contribution in [1.82, 2.24) is 10.2 Å². The zero-order valence-corrected chi connectivity index (χ0v) is 8.52. The van der Waals surface area contributed by atoms with Crippen molar-refractivity contribution in [2.75, 3.05) is 32.8 Å². The molecule has 82 valence electrons. The lowest BCUT2D eigenvalue weighted by Crippen LogP contribution is -2.39. The molecule has 14 heavy (non-hydrogen) atoms. The minimum atomic E-state index is -0.209. The van der Waals surface area contributed by atoms with E-state index in [0.29, 0.717) is 19.1 Å². The van der Waals surface area contributed by atoms with Gasteiger partial charge in [-0.05, 0) is 6.42 Å². The lowest BCUT2D eigenvalue weighted by atomic mass is 10.2. The van der Waals surface area contributed by atoms with Gasteiger partial charge in [-0.25, -0.2) is 0 Å². The normalized spacial score (nSPS) is 27.1. The number of aliphatic hydroxyl groups is 2. The molecule has 0 aromatic carbocycles. The van der Waals surface area contributed by atoms with E-state index in [2.05, 4.69) is 16.8 Å². The standard InChI is InChI=1S/C10H20N2O2/c1-2-3-12(4-5-13)8-9-6-10(14)7-11-9/h2,9-11,13-14H,1,3-8H2. The quantitative estimate of drug-likeness (QED) is 0.491. The van der Waals surface area contributed by atoms with Gasteiger partial charge in [0, 0.05) is 32.2 Å². The first kappa shape index (κ1) is 11.7. The molecule has 1 saturated heterocycles. The molecule has 2 atom stereocenters. The van der Waals surface area contributed by atoms with E-state index in [1.807, 2.05) is 6.08 Å². The Morgan fingerprint density at radius 2 is 2.36 bits per heavy atom. The van der Waals surface area contributed by atoms with Crippen LogP contribution in [0.15, 0.2) is 12.7 Å². The van der Waals surface area contributed by atoms with Crippen LogP contribution < -0.4 is 5.32 Å². The molecule has 4 heteroatoms. The van der Waals surface area contributed by atoms with Crippen LogP contribution in [0.1, 0.15) is 6.42 Å². The Bertz CT molecular complexity index is 176. The SMILES string of the molecule is C=CCN(CCO)CC1CC(O)CN1. The summed E-state index contributed by atoms with van der Waals surface area (Å²) in [5, 5.41) is 21.4. The second kappa shape index (κ2) is 6.14. The number of nitrogens with one attached hydrogen (secondary N) is 1. The average molecular weight is 200 g/mol. The summed E-state index contributed by atoms with van der Waals surface area (Å²) in [4.78, 5) is 2.13. The smallest absolute Gasteiger partial charge is 0.0680 e. The highest BCUT2D eigenvalue weighted by Crippen LogP contribution is 2.07. The molecule has 0 spiro atoms. The minimum Gasteiger partial charge on any atom is -0.395 e. The van der Waals surface area contributed by atoms with E-state index in [1.165, 1.54) is 0 Å². The zero-order chi connectivity index (χ0) is 10.4. The summed E-state index contributed by atoms with van der Waals surface area (Å²) in [6.07, 6.45) is 2.43. The topological polar surface area (TPSA) is 55.7 Å². The molecule has 0 amide bonds. The third-order valence-electron chi connectivity index (χ3n) is 2.48. The van der Waals surface area contributed by atoms with Crippen molar-refractivity contribution in [3.63, 3.8) is 0 Å². The molecule has 0 aliphatic carbocycles. The van der Waals surface area contributed by atoms with E-state index in [1.54, 1.807) is 0 Å². The second-order valence-corrected chi connectivity index (χ2v) is 3.77. The van der Waals surface area contributed by atoms with Gasteiger partial charge in [0.05, 0.1) is 12.7 Å². The summed E-state index contributed by atoms with van der Waals surface area (Å²) < 4.78 is 0. The molecule has 1 heterocycles. The van der Waals surface area contributed by atoms with Gasteiger partial charge in [-0.2, -0.15) is 0 Å². The fourth-order valence-electron chi connectivity index (χ4n) is 1.83. The zero-order valence-electron chi connectivity index (χ0n) is 8.52. The highest BCUT2D eigenvalue weighted by molar-refractivity contribution is 4.85. The van der Waals surface area contributed by atoms with Gasteiger partial charge < -0.3 is 15.5 Å². The van der Waals surface area contributed by atoms with Crippen LogP contribution in [0.3, 0.4) is 0 Å². The number of hydrogen-bond acceptors (Lipinski definition) is 4. The number of rotatable bonds is 6. The van der Waals surface area contributed by atoms with Crippen LogP contribution in [-0.4, -0.2) is 60.0 Å². The van der Waals surface area contributed by atoms with Crippen molar-refractivity contribution >= 4 is 0 Å². The highest BCUT2D eigenvalue weighted by atomic mass is 16.3. The summed E-state index contributed by atoms with van der Waals surface area (Å²) in [6.45, 7) is 6.85. The van der Waals surface area contributed by atoms with Crippen LogP contribution in [0.25, 0.3) is 0 Å². The molecular formula is C10H20N2O2. The molecular weight excluding hydrogens is 180 g/mol. The van der Waals surface area contributed by atoms with Crippen LogP contribution in [0.2, 0.25) is 0 Å². The van der Waals surface area contributed by atoms with E-state index in [-0.39, 0.29) is 12.7 Å². The molecule has 0 aromatic rings. The Kier molecular flexibility index (Phi) is 5.11. The molecule has 0 aromatic heterocycles. The summed E-state index contributed by atoms with van der Waals surface area (Å²) >= 11 is 0. The summed E-state index contributed by atoms with van der Waals surface area (Å²) in [5.74, 6) is 0. The van der Waals surface area contributed by atoms with E-state index in [0.717, 1.165) is 19.5 Å². The first-order valence-electron chi connectivity index (χ1n) is 5.11. The Morgan fingerprint density at radius 3 is 2.86 bits per heavy atom. The summed E-state index contributed by atoms with van der Waals surface area (Å²) in [6, 6.07) is 0.344. The fourth-order valence-corrected chi connectivity index (χ4v) is 1.83. The number of β-amino-alcohol motifs (C(OH)–C–C–N with tert-alkyl or cyclic N) is 1. The molecule has 1 aliphatic heterocycles. The van der Waals surface area contributed by atoms with Gasteiger partial charge in [0.2, 0.25) is 0 Å². The van der Waals surface area contributed by atoms with E-state index >= 15 is 0 Å². The largest absolute Gasteiger partial charge is 0.395 e. The first-order chi connectivity index (χ1) is 6.76. The molecule has 0 bridgehead atoms. The third-order valence-corrected chi connectivity index (χ3v) is 2.48. The van der Waals surface area contributed by atoms with Gasteiger partial charge >= 0.3 is 0 Å². The van der Waals surface area contributed by atoms with E-state index in [9.17, 15) is 5.11 Å². The average Bonchev–Trinajstić information content (AvgIpc) is 2.52. The van der Waals surface area contributed by atoms with Crippen LogP contribution in [0, 0.1) is 0 Å². The number of hydrogen-bond donors (Lipinski definition) is 3. The van der Waals surface area contributed by atoms with Gasteiger partial charge in [0.25, 0.3) is 0 Å². The van der Waals surface area contributed by atoms with Crippen molar-refractivity contribution in [2.45, 2.75) is 18.6 Å². The maximum Gasteiger partial charge on any atom is 0.0680 e. The predicted octanol–water partition coefficient (Wildman–Crippen LogP) is -0.810. The van der Waals surface area contributed by atoms with Crippen LogP contribution in [-0.2, 0) is 0 Å².